The van der Waals surface area contributed by atoms with Crippen LogP contribution in [0.1, 0.15) is 52.5 Å². The molecule has 0 saturated carbocycles. The molecule has 0 heterocycles. The molecule has 0 aliphatic carbocycles. The third kappa shape index (κ3) is 6.42. The van der Waals surface area contributed by atoms with Gasteiger partial charge < -0.3 is 4.74 Å². The monoisotopic (exact) mass is 262 g/mol. The van der Waals surface area contributed by atoms with Crippen molar-refractivity contribution < 1.29 is 9.53 Å². The molecule has 0 aliphatic rings. The Labute approximate surface area is 117 Å². The minimum atomic E-state index is 0.205. The fourth-order valence-electron chi connectivity index (χ4n) is 2.22. The van der Waals surface area contributed by atoms with Crippen molar-refractivity contribution in [1.82, 2.24) is 0 Å². The van der Waals surface area contributed by atoms with E-state index in [1.54, 1.807) is 0 Å². The summed E-state index contributed by atoms with van der Waals surface area (Å²) in [5.41, 5.74) is 1.27. The van der Waals surface area contributed by atoms with E-state index in [1.165, 1.54) is 5.56 Å². The Balaban J connectivity index is 2.46. The van der Waals surface area contributed by atoms with Crippen LogP contribution >= 0.6 is 0 Å². The van der Waals surface area contributed by atoms with Gasteiger partial charge in [0.05, 0.1) is 6.10 Å². The molecule has 0 saturated heterocycles. The van der Waals surface area contributed by atoms with Crippen molar-refractivity contribution in [2.75, 3.05) is 0 Å². The van der Waals surface area contributed by atoms with Crippen molar-refractivity contribution in [3.05, 3.63) is 29.8 Å². The summed E-state index contributed by atoms with van der Waals surface area (Å²) in [6.07, 6.45) is 3.52. The molecule has 1 aromatic carbocycles. The third-order valence-electron chi connectivity index (χ3n) is 2.98. The van der Waals surface area contributed by atoms with Crippen LogP contribution in [-0.2, 0) is 11.2 Å². The molecule has 0 aromatic heterocycles. The van der Waals surface area contributed by atoms with Gasteiger partial charge in [-0.15, -0.1) is 0 Å². The lowest BCUT2D eigenvalue weighted by atomic mass is 9.95. The zero-order chi connectivity index (χ0) is 14.3. The van der Waals surface area contributed by atoms with Crippen LogP contribution in [0.25, 0.3) is 0 Å². The molecule has 2 heteroatoms. The second kappa shape index (κ2) is 7.98. The molecule has 106 valence electrons. The highest BCUT2D eigenvalue weighted by molar-refractivity contribution is 5.78. The third-order valence-corrected chi connectivity index (χ3v) is 2.98. The van der Waals surface area contributed by atoms with Crippen LogP contribution in [0.4, 0.5) is 0 Å². The Kier molecular flexibility index (Phi) is 6.61. The average Bonchev–Trinajstić information content (AvgIpc) is 2.31. The van der Waals surface area contributed by atoms with E-state index in [9.17, 15) is 4.79 Å². The summed E-state index contributed by atoms with van der Waals surface area (Å²) in [5, 5.41) is 0. The number of hydrogen-bond donors (Lipinski definition) is 0. The number of benzene rings is 1. The first kappa shape index (κ1) is 15.7. The zero-order valence-electron chi connectivity index (χ0n) is 12.6. The van der Waals surface area contributed by atoms with Crippen molar-refractivity contribution in [2.24, 2.45) is 5.92 Å². The lowest BCUT2D eigenvalue weighted by Crippen LogP contribution is -2.08. The standard InChI is InChI=1S/C17H26O2/c1-5-6-16(18)12-14(4)11-15-7-9-17(10-8-15)19-13(2)3/h7-10,13-14H,5-6,11-12H2,1-4H3. The Hall–Kier alpha value is -1.31. The van der Waals surface area contributed by atoms with E-state index in [2.05, 4.69) is 26.0 Å². The summed E-state index contributed by atoms with van der Waals surface area (Å²) < 4.78 is 5.62. The van der Waals surface area contributed by atoms with Crippen molar-refractivity contribution >= 4 is 5.78 Å². The smallest absolute Gasteiger partial charge is 0.133 e. The molecule has 0 N–H and O–H groups in total. The van der Waals surface area contributed by atoms with E-state index < -0.39 is 0 Å². The molecule has 0 radical (unpaired) electrons. The number of carbonyl (C=O) groups excluding carboxylic acids is 1. The fourth-order valence-corrected chi connectivity index (χ4v) is 2.22. The van der Waals surface area contributed by atoms with E-state index >= 15 is 0 Å². The molecule has 2 nitrogen and oxygen atoms in total. The average molecular weight is 262 g/mol. The van der Waals surface area contributed by atoms with Crippen LogP contribution in [0.2, 0.25) is 0 Å². The Morgan fingerprint density at radius 3 is 2.32 bits per heavy atom. The molecule has 0 amide bonds. The molecule has 1 atom stereocenters. The van der Waals surface area contributed by atoms with Crippen LogP contribution in [0.15, 0.2) is 24.3 Å². The molecule has 1 unspecified atom stereocenters. The van der Waals surface area contributed by atoms with Gasteiger partial charge in [-0.05, 0) is 50.3 Å². The van der Waals surface area contributed by atoms with E-state index in [-0.39, 0.29) is 6.10 Å². The van der Waals surface area contributed by atoms with Crippen molar-refractivity contribution in [1.29, 1.82) is 0 Å². The first-order chi connectivity index (χ1) is 9.01. The van der Waals surface area contributed by atoms with Crippen molar-refractivity contribution in [3.63, 3.8) is 0 Å². The van der Waals surface area contributed by atoms with E-state index in [1.807, 2.05) is 26.0 Å². The number of hydrogen-bond acceptors (Lipinski definition) is 2. The van der Waals surface area contributed by atoms with Crippen LogP contribution in [0, 0.1) is 5.92 Å². The Bertz CT molecular complexity index is 379. The Morgan fingerprint density at radius 1 is 1.16 bits per heavy atom. The highest BCUT2D eigenvalue weighted by Crippen LogP contribution is 2.18. The number of Topliss-reactive ketones (excluding diaryl/α,β-unsaturated/α-hetero) is 1. The summed E-state index contributed by atoms with van der Waals surface area (Å²) >= 11 is 0. The highest BCUT2D eigenvalue weighted by Gasteiger charge is 2.09. The molecule has 0 fully saturated rings. The van der Waals surface area contributed by atoms with E-state index in [4.69, 9.17) is 4.74 Å². The fraction of sp³-hybridized carbons (Fsp3) is 0.588. The maximum atomic E-state index is 11.6. The summed E-state index contributed by atoms with van der Waals surface area (Å²) in [6.45, 7) is 8.24. The lowest BCUT2D eigenvalue weighted by molar-refractivity contribution is -0.119. The SMILES string of the molecule is CCCC(=O)CC(C)Cc1ccc(OC(C)C)cc1. The second-order valence-electron chi connectivity index (χ2n) is 5.61. The van der Waals surface area contributed by atoms with E-state index in [0.717, 1.165) is 18.6 Å². The molecular formula is C17H26O2. The first-order valence-corrected chi connectivity index (χ1v) is 7.28. The van der Waals surface area contributed by atoms with E-state index in [0.29, 0.717) is 24.5 Å². The van der Waals surface area contributed by atoms with Gasteiger partial charge in [0, 0.05) is 12.8 Å². The van der Waals surface area contributed by atoms with Gasteiger partial charge in [0.2, 0.25) is 0 Å². The molecule has 19 heavy (non-hydrogen) atoms. The first-order valence-electron chi connectivity index (χ1n) is 7.28. The predicted molar refractivity (Wildman–Crippen MR) is 79.6 cm³/mol. The second-order valence-corrected chi connectivity index (χ2v) is 5.61. The summed E-state index contributed by atoms with van der Waals surface area (Å²) in [6, 6.07) is 8.21. The molecule has 0 bridgehead atoms. The van der Waals surface area contributed by atoms with Gasteiger partial charge in [0.15, 0.2) is 0 Å². The molecule has 0 aliphatic heterocycles. The number of carbonyl (C=O) groups is 1. The maximum Gasteiger partial charge on any atom is 0.133 e. The summed E-state index contributed by atoms with van der Waals surface area (Å²) in [7, 11) is 0. The van der Waals surface area contributed by atoms with Crippen LogP contribution in [-0.4, -0.2) is 11.9 Å². The quantitative estimate of drug-likeness (QED) is 0.693. The molecule has 0 spiro atoms. The van der Waals surface area contributed by atoms with Gasteiger partial charge in [0.25, 0.3) is 0 Å². The minimum Gasteiger partial charge on any atom is -0.491 e. The molecule has 1 aromatic rings. The molecular weight excluding hydrogens is 236 g/mol. The largest absolute Gasteiger partial charge is 0.491 e. The molecule has 1 rings (SSSR count). The summed E-state index contributed by atoms with van der Waals surface area (Å²) in [4.78, 5) is 11.6. The van der Waals surface area contributed by atoms with Gasteiger partial charge >= 0.3 is 0 Å². The van der Waals surface area contributed by atoms with Gasteiger partial charge in [0.1, 0.15) is 11.5 Å². The van der Waals surface area contributed by atoms with Crippen LogP contribution < -0.4 is 4.74 Å². The maximum absolute atomic E-state index is 11.6. The van der Waals surface area contributed by atoms with Gasteiger partial charge in [-0.3, -0.25) is 4.79 Å². The van der Waals surface area contributed by atoms with Crippen molar-refractivity contribution in [2.45, 2.75) is 59.5 Å². The summed E-state index contributed by atoms with van der Waals surface area (Å²) in [5.74, 6) is 1.71. The zero-order valence-corrected chi connectivity index (χ0v) is 12.6. The topological polar surface area (TPSA) is 26.3 Å². The van der Waals surface area contributed by atoms with Crippen molar-refractivity contribution in [3.8, 4) is 5.75 Å². The predicted octanol–water partition coefficient (Wildman–Crippen LogP) is 4.41. The highest BCUT2D eigenvalue weighted by atomic mass is 16.5. The minimum absolute atomic E-state index is 0.205. The van der Waals surface area contributed by atoms with Gasteiger partial charge in [-0.25, -0.2) is 0 Å². The number of rotatable bonds is 8. The number of ether oxygens (including phenoxy) is 1. The van der Waals surface area contributed by atoms with Gasteiger partial charge in [-0.1, -0.05) is 26.0 Å². The normalized spacial score (nSPS) is 12.5. The lowest BCUT2D eigenvalue weighted by Gasteiger charge is -2.12. The Morgan fingerprint density at radius 2 is 1.79 bits per heavy atom. The van der Waals surface area contributed by atoms with Gasteiger partial charge in [-0.2, -0.15) is 0 Å². The number of ketones is 1. The van der Waals surface area contributed by atoms with Crippen LogP contribution in [0.3, 0.4) is 0 Å². The van der Waals surface area contributed by atoms with Crippen LogP contribution in [0.5, 0.6) is 5.75 Å².